The van der Waals surface area contributed by atoms with E-state index in [4.69, 9.17) is 0 Å². The molecule has 4 aliphatic carbocycles. The lowest BCUT2D eigenvalue weighted by Crippen LogP contribution is -2.10. The van der Waals surface area contributed by atoms with Crippen LogP contribution in [-0.2, 0) is 19.3 Å². The minimum atomic E-state index is 0.493. The van der Waals surface area contributed by atoms with Gasteiger partial charge in [-0.2, -0.15) is 0 Å². The van der Waals surface area contributed by atoms with Crippen LogP contribution in [0.25, 0.3) is 0 Å². The number of benzene rings is 2. The maximum atomic E-state index is 2.40. The first-order valence-electron chi connectivity index (χ1n) is 16.3. The normalized spacial score (nSPS) is 26.8. The number of aryl methyl sites for hydroxylation is 1. The Morgan fingerprint density at radius 3 is 1.32 bits per heavy atom. The molecule has 38 heavy (non-hydrogen) atoms. The third kappa shape index (κ3) is 7.99. The summed E-state index contributed by atoms with van der Waals surface area (Å²) in [7, 11) is 0. The zero-order valence-electron chi connectivity index (χ0n) is 27.9. The van der Waals surface area contributed by atoms with Gasteiger partial charge in [-0.1, -0.05) is 145 Å². The summed E-state index contributed by atoms with van der Waals surface area (Å²) in [5, 5.41) is 0. The molecule has 0 radical (unpaired) electrons. The van der Waals surface area contributed by atoms with Crippen LogP contribution in [0.2, 0.25) is 0 Å². The first-order valence-corrected chi connectivity index (χ1v) is 16.3. The fourth-order valence-electron chi connectivity index (χ4n) is 7.50. The number of rotatable bonds is 0. The Hall–Kier alpha value is -1.56. The fraction of sp³-hybridized carbons (Fsp3) is 0.684. The summed E-state index contributed by atoms with van der Waals surface area (Å²) >= 11 is 0. The smallest absolute Gasteiger partial charge is 0.00915 e. The Morgan fingerprint density at radius 1 is 0.500 bits per heavy atom. The van der Waals surface area contributed by atoms with Crippen LogP contribution in [0, 0.1) is 40.4 Å². The van der Waals surface area contributed by atoms with Gasteiger partial charge in [-0.3, -0.25) is 0 Å². The first-order chi connectivity index (χ1) is 18.2. The fourth-order valence-corrected chi connectivity index (χ4v) is 7.50. The molecule has 0 N–H and O–H groups in total. The predicted octanol–water partition coefficient (Wildman–Crippen LogP) is 11.8. The third-order valence-electron chi connectivity index (χ3n) is 8.69. The average molecular weight is 521 g/mol. The maximum absolute atomic E-state index is 2.40. The Balaban J connectivity index is 0.000000302. The minimum absolute atomic E-state index is 0.493. The summed E-state index contributed by atoms with van der Waals surface area (Å²) in [5.74, 6) is 5.74. The molecule has 2 saturated carbocycles. The van der Waals surface area contributed by atoms with Crippen LogP contribution in [0.4, 0.5) is 0 Å². The van der Waals surface area contributed by atoms with E-state index in [2.05, 4.69) is 90.1 Å². The van der Waals surface area contributed by atoms with Crippen LogP contribution in [0.15, 0.2) is 48.5 Å². The Bertz CT molecular complexity index is 891. The second-order valence-electron chi connectivity index (χ2n) is 12.7. The van der Waals surface area contributed by atoms with Crippen molar-refractivity contribution in [3.63, 3.8) is 0 Å². The van der Waals surface area contributed by atoms with Gasteiger partial charge in [0.05, 0.1) is 0 Å². The summed E-state index contributed by atoms with van der Waals surface area (Å²) in [6.07, 6.45) is 5.40. The molecule has 0 amide bonds. The number of hydrogen-bond donors (Lipinski definition) is 0. The molecule has 0 heteroatoms. The van der Waals surface area contributed by atoms with Gasteiger partial charge in [0.25, 0.3) is 0 Å². The van der Waals surface area contributed by atoms with Crippen molar-refractivity contribution in [1.82, 2.24) is 0 Å². The van der Waals surface area contributed by atoms with Crippen LogP contribution in [-0.4, -0.2) is 0 Å². The van der Waals surface area contributed by atoms with Crippen LogP contribution in [0.5, 0.6) is 0 Å². The highest BCUT2D eigenvalue weighted by Gasteiger charge is 2.58. The van der Waals surface area contributed by atoms with E-state index in [1.807, 2.05) is 55.4 Å². The SMILES string of the molecule is CC.CC.CC.CC.CC(C)(C)C1C2CCc3ccccc3C21.CC(C)(C)C1C2Cc3ccccc3CC21. The van der Waals surface area contributed by atoms with E-state index in [9.17, 15) is 0 Å². The van der Waals surface area contributed by atoms with Crippen LogP contribution < -0.4 is 0 Å². The first kappa shape index (κ1) is 34.5. The van der Waals surface area contributed by atoms with E-state index >= 15 is 0 Å². The summed E-state index contributed by atoms with van der Waals surface area (Å²) in [4.78, 5) is 0. The van der Waals surface area contributed by atoms with Gasteiger partial charge in [0.1, 0.15) is 0 Å². The highest BCUT2D eigenvalue weighted by Crippen LogP contribution is 2.66. The molecule has 0 nitrogen and oxygen atoms in total. The molecule has 216 valence electrons. The van der Waals surface area contributed by atoms with Gasteiger partial charge in [0.15, 0.2) is 0 Å². The van der Waals surface area contributed by atoms with E-state index in [0.29, 0.717) is 10.8 Å². The highest BCUT2D eigenvalue weighted by atomic mass is 14.6. The van der Waals surface area contributed by atoms with Crippen LogP contribution in [0.3, 0.4) is 0 Å². The van der Waals surface area contributed by atoms with Gasteiger partial charge < -0.3 is 0 Å². The summed E-state index contributed by atoms with van der Waals surface area (Å²) in [6, 6.07) is 18.1. The van der Waals surface area contributed by atoms with Crippen molar-refractivity contribution in [3.05, 3.63) is 70.8 Å². The molecule has 4 aliphatic rings. The van der Waals surface area contributed by atoms with Crippen molar-refractivity contribution < 1.29 is 0 Å². The molecule has 2 fully saturated rings. The molecule has 0 bridgehead atoms. The number of fused-ring (bicyclic) bond motifs is 5. The molecular weight excluding hydrogens is 456 g/mol. The zero-order valence-corrected chi connectivity index (χ0v) is 27.9. The molecule has 0 spiro atoms. The number of hydrogen-bond acceptors (Lipinski definition) is 0. The molecular formula is C38H64. The van der Waals surface area contributed by atoms with E-state index in [1.54, 1.807) is 22.3 Å². The van der Waals surface area contributed by atoms with Crippen molar-refractivity contribution >= 4 is 0 Å². The average Bonchev–Trinajstić information content (AvgIpc) is 3.84. The largest absolute Gasteiger partial charge is 0.0683 e. The van der Waals surface area contributed by atoms with Crippen LogP contribution in [0.1, 0.15) is 132 Å². The lowest BCUT2D eigenvalue weighted by molar-refractivity contribution is 0.318. The molecule has 0 heterocycles. The monoisotopic (exact) mass is 521 g/mol. The Morgan fingerprint density at radius 2 is 0.895 bits per heavy atom. The van der Waals surface area contributed by atoms with Gasteiger partial charge in [-0.05, 0) is 94.3 Å². The van der Waals surface area contributed by atoms with Gasteiger partial charge >= 0.3 is 0 Å². The molecule has 2 aromatic carbocycles. The van der Waals surface area contributed by atoms with E-state index in [1.165, 1.54) is 25.7 Å². The van der Waals surface area contributed by atoms with Crippen molar-refractivity contribution in [2.75, 3.05) is 0 Å². The predicted molar refractivity (Wildman–Crippen MR) is 173 cm³/mol. The van der Waals surface area contributed by atoms with E-state index in [-0.39, 0.29) is 0 Å². The van der Waals surface area contributed by atoms with E-state index in [0.717, 1.165) is 35.5 Å². The zero-order chi connectivity index (χ0) is 29.3. The minimum Gasteiger partial charge on any atom is -0.0683 e. The summed E-state index contributed by atoms with van der Waals surface area (Å²) in [6.45, 7) is 30.4. The Kier molecular flexibility index (Phi) is 13.9. The van der Waals surface area contributed by atoms with Crippen molar-refractivity contribution in [2.45, 2.75) is 129 Å². The molecule has 2 aromatic rings. The van der Waals surface area contributed by atoms with E-state index < -0.39 is 0 Å². The Labute approximate surface area is 239 Å². The molecule has 6 rings (SSSR count). The third-order valence-corrected chi connectivity index (χ3v) is 8.69. The van der Waals surface area contributed by atoms with Gasteiger partial charge in [-0.25, -0.2) is 0 Å². The standard InChI is InChI=1S/2C15H20.4C2H6/c1-15(2,3)14-12-8-10-6-4-5-7-11(10)9-13(12)14;1-15(2,3)14-12-9-8-10-6-4-5-7-11(10)13(12)14;4*1-2/h2*4-7,12-14H,8-9H2,1-3H3;4*1-2H3. The maximum Gasteiger partial charge on any atom is -0.00915 e. The summed E-state index contributed by atoms with van der Waals surface area (Å²) in [5.41, 5.74) is 7.51. The molecule has 5 unspecified atom stereocenters. The lowest BCUT2D eigenvalue weighted by Gasteiger charge is -2.18. The lowest BCUT2D eigenvalue weighted by atomic mass is 9.87. The van der Waals surface area contributed by atoms with Gasteiger partial charge in [0.2, 0.25) is 0 Å². The van der Waals surface area contributed by atoms with Gasteiger partial charge in [0, 0.05) is 0 Å². The molecule has 0 aliphatic heterocycles. The molecule has 0 saturated heterocycles. The van der Waals surface area contributed by atoms with Crippen molar-refractivity contribution in [3.8, 4) is 0 Å². The van der Waals surface area contributed by atoms with Crippen LogP contribution >= 0.6 is 0 Å². The molecule has 5 atom stereocenters. The molecule has 0 aromatic heterocycles. The summed E-state index contributed by atoms with van der Waals surface area (Å²) < 4.78 is 0. The van der Waals surface area contributed by atoms with Crippen molar-refractivity contribution in [2.24, 2.45) is 40.4 Å². The second kappa shape index (κ2) is 15.3. The second-order valence-corrected chi connectivity index (χ2v) is 12.7. The quantitative estimate of drug-likeness (QED) is 0.324. The topological polar surface area (TPSA) is 0 Å². The van der Waals surface area contributed by atoms with Gasteiger partial charge in [-0.15, -0.1) is 0 Å². The highest BCUT2D eigenvalue weighted by molar-refractivity contribution is 5.40. The van der Waals surface area contributed by atoms with Crippen molar-refractivity contribution in [1.29, 1.82) is 0 Å².